The van der Waals surface area contributed by atoms with Crippen LogP contribution in [0.2, 0.25) is 0 Å². The van der Waals surface area contributed by atoms with E-state index in [1.807, 2.05) is 32.9 Å². The summed E-state index contributed by atoms with van der Waals surface area (Å²) >= 11 is 0. The summed E-state index contributed by atoms with van der Waals surface area (Å²) in [5.41, 5.74) is 6.71. The molecule has 1 aromatic rings. The number of rotatable bonds is 3. The first-order valence-corrected chi connectivity index (χ1v) is 6.25. The molecule has 0 aliphatic heterocycles. The highest BCUT2D eigenvalue weighted by atomic mass is 16.3. The molecule has 0 aliphatic rings. The molecule has 0 spiro atoms. The van der Waals surface area contributed by atoms with E-state index in [0.717, 1.165) is 5.56 Å². The lowest BCUT2D eigenvalue weighted by Crippen LogP contribution is -2.46. The van der Waals surface area contributed by atoms with Crippen LogP contribution in [0.15, 0.2) is 24.3 Å². The molecule has 0 amide bonds. The van der Waals surface area contributed by atoms with Crippen LogP contribution in [0.1, 0.15) is 51.7 Å². The minimum absolute atomic E-state index is 0.234. The van der Waals surface area contributed by atoms with Crippen LogP contribution in [0, 0.1) is 5.41 Å². The summed E-state index contributed by atoms with van der Waals surface area (Å²) in [6.07, 6.45) is 0. The average Bonchev–Trinajstić information content (AvgIpc) is 2.26. The molecule has 3 N–H and O–H groups in total. The summed E-state index contributed by atoms with van der Waals surface area (Å²) in [7, 11) is 0. The Kier molecular flexibility index (Phi) is 4.00. The summed E-state index contributed by atoms with van der Waals surface area (Å²) in [5.74, 6) is 0.504. The smallest absolute Gasteiger partial charge is 0.107 e. The number of hydrogen-bond donors (Lipinski definition) is 2. The van der Waals surface area contributed by atoms with Gasteiger partial charge in [-0.15, -0.1) is 0 Å². The van der Waals surface area contributed by atoms with E-state index >= 15 is 0 Å². The Bertz CT molecular complexity index is 362. The lowest BCUT2D eigenvalue weighted by atomic mass is 9.72. The molecule has 2 heteroatoms. The zero-order valence-corrected chi connectivity index (χ0v) is 11.6. The van der Waals surface area contributed by atoms with Crippen LogP contribution >= 0.6 is 0 Å². The summed E-state index contributed by atoms with van der Waals surface area (Å²) < 4.78 is 0. The van der Waals surface area contributed by atoms with E-state index in [-0.39, 0.29) is 12.0 Å². The van der Waals surface area contributed by atoms with Gasteiger partial charge in [0.05, 0.1) is 0 Å². The highest BCUT2D eigenvalue weighted by Crippen LogP contribution is 2.38. The quantitative estimate of drug-likeness (QED) is 0.846. The summed E-state index contributed by atoms with van der Waals surface area (Å²) in [5, 5.41) is 10.7. The molecule has 0 saturated heterocycles. The number of hydrogen-bond acceptors (Lipinski definition) is 2. The first kappa shape index (κ1) is 14.2. The van der Waals surface area contributed by atoms with Gasteiger partial charge in [0, 0.05) is 6.54 Å². The molecule has 96 valence electrons. The van der Waals surface area contributed by atoms with Crippen LogP contribution in [0.4, 0.5) is 0 Å². The maximum atomic E-state index is 10.7. The molecule has 0 fully saturated rings. The second kappa shape index (κ2) is 4.79. The van der Waals surface area contributed by atoms with E-state index in [0.29, 0.717) is 5.92 Å². The minimum atomic E-state index is -0.970. The molecule has 0 radical (unpaired) electrons. The van der Waals surface area contributed by atoms with Crippen LogP contribution in [0.25, 0.3) is 0 Å². The molecule has 0 aromatic heterocycles. The van der Waals surface area contributed by atoms with E-state index in [4.69, 9.17) is 5.73 Å². The molecule has 1 rings (SSSR count). The van der Waals surface area contributed by atoms with Gasteiger partial charge in [0.15, 0.2) is 0 Å². The van der Waals surface area contributed by atoms with Gasteiger partial charge < -0.3 is 10.8 Å². The van der Waals surface area contributed by atoms with Gasteiger partial charge in [-0.2, -0.15) is 0 Å². The van der Waals surface area contributed by atoms with E-state index in [1.165, 1.54) is 5.56 Å². The van der Waals surface area contributed by atoms with Crippen molar-refractivity contribution in [3.05, 3.63) is 35.4 Å². The fourth-order valence-electron chi connectivity index (χ4n) is 2.00. The fourth-order valence-corrected chi connectivity index (χ4v) is 2.00. The normalized spacial score (nSPS) is 16.0. The largest absolute Gasteiger partial charge is 0.383 e. The summed E-state index contributed by atoms with van der Waals surface area (Å²) in [6, 6.07) is 8.14. The lowest BCUT2D eigenvalue weighted by Gasteiger charge is -2.40. The standard InChI is InChI=1S/C15H25NO/c1-11(2)12-6-8-13(9-7-12)15(17,10-16)14(3,4)5/h6-9,11,17H,10,16H2,1-5H3. The Labute approximate surface area is 105 Å². The molecule has 0 bridgehead atoms. The number of aliphatic hydroxyl groups is 1. The maximum Gasteiger partial charge on any atom is 0.107 e. The predicted molar refractivity (Wildman–Crippen MR) is 72.9 cm³/mol. The van der Waals surface area contributed by atoms with E-state index < -0.39 is 5.60 Å². The average molecular weight is 235 g/mol. The van der Waals surface area contributed by atoms with Gasteiger partial charge in [0.2, 0.25) is 0 Å². The molecule has 2 nitrogen and oxygen atoms in total. The second-order valence-corrected chi connectivity index (χ2v) is 6.09. The van der Waals surface area contributed by atoms with E-state index in [9.17, 15) is 5.11 Å². The van der Waals surface area contributed by atoms with Crippen molar-refractivity contribution in [2.24, 2.45) is 11.1 Å². The van der Waals surface area contributed by atoms with Crippen molar-refractivity contribution in [3.8, 4) is 0 Å². The fraction of sp³-hybridized carbons (Fsp3) is 0.600. The molecular formula is C15H25NO. The molecule has 0 aliphatic carbocycles. The Hall–Kier alpha value is -0.860. The number of benzene rings is 1. The third-order valence-electron chi connectivity index (χ3n) is 3.59. The van der Waals surface area contributed by atoms with Gasteiger partial charge in [-0.05, 0) is 22.5 Å². The lowest BCUT2D eigenvalue weighted by molar-refractivity contribution is -0.0557. The van der Waals surface area contributed by atoms with Crippen molar-refractivity contribution in [1.29, 1.82) is 0 Å². The van der Waals surface area contributed by atoms with Crippen LogP contribution in [0.3, 0.4) is 0 Å². The van der Waals surface area contributed by atoms with Crippen molar-refractivity contribution in [2.45, 2.75) is 46.1 Å². The van der Waals surface area contributed by atoms with Gasteiger partial charge >= 0.3 is 0 Å². The Morgan fingerprint density at radius 3 is 1.88 bits per heavy atom. The van der Waals surface area contributed by atoms with E-state index in [2.05, 4.69) is 26.0 Å². The molecule has 17 heavy (non-hydrogen) atoms. The topological polar surface area (TPSA) is 46.2 Å². The highest BCUT2D eigenvalue weighted by molar-refractivity contribution is 5.30. The molecule has 0 heterocycles. The van der Waals surface area contributed by atoms with Crippen LogP contribution in [0.5, 0.6) is 0 Å². The van der Waals surface area contributed by atoms with Gasteiger partial charge in [-0.3, -0.25) is 0 Å². The monoisotopic (exact) mass is 235 g/mol. The SMILES string of the molecule is CC(C)c1ccc(C(O)(CN)C(C)(C)C)cc1. The summed E-state index contributed by atoms with van der Waals surface area (Å²) in [6.45, 7) is 10.6. The Morgan fingerprint density at radius 2 is 1.59 bits per heavy atom. The molecule has 0 saturated carbocycles. The molecule has 1 unspecified atom stereocenters. The second-order valence-electron chi connectivity index (χ2n) is 6.09. The van der Waals surface area contributed by atoms with E-state index in [1.54, 1.807) is 0 Å². The predicted octanol–water partition coefficient (Wildman–Crippen LogP) is 3.00. The highest BCUT2D eigenvalue weighted by Gasteiger charge is 2.40. The molecule has 1 aromatic carbocycles. The number of nitrogens with two attached hydrogens (primary N) is 1. The first-order chi connectivity index (χ1) is 7.72. The Morgan fingerprint density at radius 1 is 1.12 bits per heavy atom. The van der Waals surface area contributed by atoms with Crippen LogP contribution < -0.4 is 5.73 Å². The molecule has 1 atom stereocenters. The van der Waals surface area contributed by atoms with Crippen molar-refractivity contribution >= 4 is 0 Å². The van der Waals surface area contributed by atoms with Crippen molar-refractivity contribution < 1.29 is 5.11 Å². The molecular weight excluding hydrogens is 210 g/mol. The zero-order valence-electron chi connectivity index (χ0n) is 11.6. The maximum absolute atomic E-state index is 10.7. The van der Waals surface area contributed by atoms with Crippen molar-refractivity contribution in [2.75, 3.05) is 6.54 Å². The van der Waals surface area contributed by atoms with Crippen LogP contribution in [-0.4, -0.2) is 11.7 Å². The van der Waals surface area contributed by atoms with Gasteiger partial charge in [0.25, 0.3) is 0 Å². The van der Waals surface area contributed by atoms with Gasteiger partial charge in [-0.1, -0.05) is 58.9 Å². The zero-order chi connectivity index (χ0) is 13.3. The third-order valence-corrected chi connectivity index (χ3v) is 3.59. The minimum Gasteiger partial charge on any atom is -0.383 e. The third kappa shape index (κ3) is 2.70. The summed E-state index contributed by atoms with van der Waals surface area (Å²) in [4.78, 5) is 0. The van der Waals surface area contributed by atoms with Crippen molar-refractivity contribution in [1.82, 2.24) is 0 Å². The van der Waals surface area contributed by atoms with Crippen molar-refractivity contribution in [3.63, 3.8) is 0 Å². The Balaban J connectivity index is 3.14. The van der Waals surface area contributed by atoms with Gasteiger partial charge in [0.1, 0.15) is 5.60 Å². The first-order valence-electron chi connectivity index (χ1n) is 6.25. The van der Waals surface area contributed by atoms with Crippen LogP contribution in [-0.2, 0) is 5.60 Å². The van der Waals surface area contributed by atoms with Gasteiger partial charge in [-0.25, -0.2) is 0 Å².